The normalized spacial score (nSPS) is 17.9. The summed E-state index contributed by atoms with van der Waals surface area (Å²) in [5.41, 5.74) is 6.02. The monoisotopic (exact) mass is 876 g/mol. The number of likely N-dealkylation sites (tertiary alicyclic amines) is 2. The van der Waals surface area contributed by atoms with Gasteiger partial charge in [-0.15, -0.1) is 23.5 Å². The standard InChI is InChI=1S/C40H48N6O8S2.2ClH/c1-23(41)6-4-16-55-33-20-37(50)45(39(33)52)14-12-35(48)43-26-8-10-28-29-11-9-27(19-31(29)32(30(28)18-26)22-54-25(3)47)44-36(49)13-15-46-38(51)21-34(40(46)53)56-17-5-7-24(2)42;;/h8-11,18-19,32-34,41-42H,4-7,12-17,20-22H2,1-3H3,(H,43,48)(H,44,49);2*1H. The van der Waals surface area contributed by atoms with Crippen molar-refractivity contribution >= 4 is 87.7 Å². The first kappa shape index (κ1) is 48.1. The third kappa shape index (κ3) is 12.6. The fourth-order valence-electron chi connectivity index (χ4n) is 6.96. The van der Waals surface area contributed by atoms with E-state index in [1.165, 1.54) is 30.4 Å². The van der Waals surface area contributed by atoms with Crippen LogP contribution in [-0.4, -0.2) is 104 Å². The highest BCUT2D eigenvalue weighted by molar-refractivity contribution is 8.00. The number of anilines is 2. The maximum absolute atomic E-state index is 13.0. The molecule has 14 nitrogen and oxygen atoms in total. The van der Waals surface area contributed by atoms with Crippen LogP contribution >= 0.6 is 23.5 Å². The van der Waals surface area contributed by atoms with Crippen molar-refractivity contribution in [3.8, 4) is 11.1 Å². The predicted molar refractivity (Wildman–Crippen MR) is 216 cm³/mol. The number of carbonyl (C=O) groups is 7. The van der Waals surface area contributed by atoms with E-state index in [0.29, 0.717) is 22.9 Å². The van der Waals surface area contributed by atoms with Crippen LogP contribution in [0.5, 0.6) is 0 Å². The molecule has 0 saturated carbocycles. The van der Waals surface area contributed by atoms with Crippen molar-refractivity contribution in [2.24, 2.45) is 0 Å². The minimum Gasteiger partial charge on any atom is -1.00 e. The van der Waals surface area contributed by atoms with Gasteiger partial charge in [-0.1, -0.05) is 12.1 Å². The van der Waals surface area contributed by atoms with Crippen molar-refractivity contribution in [3.63, 3.8) is 0 Å². The summed E-state index contributed by atoms with van der Waals surface area (Å²) in [6.07, 6.45) is 3.26. The lowest BCUT2D eigenvalue weighted by Gasteiger charge is -2.17. The van der Waals surface area contributed by atoms with Crippen molar-refractivity contribution in [2.45, 2.75) is 88.6 Å². The third-order valence-electron chi connectivity index (χ3n) is 9.76. The fraction of sp³-hybridized carbons (Fsp3) is 0.475. The zero-order valence-corrected chi connectivity index (χ0v) is 35.9. The molecular formula is C40H50Cl2N6O8S2. The molecule has 314 valence electrons. The number of thioether (sulfide) groups is 2. The third-order valence-corrected chi connectivity index (χ3v) is 12.4. The molecule has 0 bridgehead atoms. The molecule has 2 saturated heterocycles. The number of hydrogen-bond acceptors (Lipinski definition) is 10. The number of nitrogens with one attached hydrogen (secondary N) is 2. The molecule has 58 heavy (non-hydrogen) atoms. The summed E-state index contributed by atoms with van der Waals surface area (Å²) in [5.74, 6) is -1.29. The minimum absolute atomic E-state index is 0. The Hall–Kier alpha value is -4.25. The summed E-state index contributed by atoms with van der Waals surface area (Å²) in [5, 5.41) is 16.3. The van der Waals surface area contributed by atoms with Crippen LogP contribution in [0.15, 0.2) is 36.4 Å². The van der Waals surface area contributed by atoms with Gasteiger partial charge in [0.1, 0.15) is 18.0 Å². The molecule has 2 unspecified atom stereocenters. The number of nitrogens with two attached hydrogens (primary N) is 2. The Kier molecular flexibility index (Phi) is 18.4. The molecule has 6 N–H and O–H groups in total. The van der Waals surface area contributed by atoms with Gasteiger partial charge in [-0.05, 0) is 70.9 Å². The highest BCUT2D eigenvalue weighted by Gasteiger charge is 2.40. The maximum Gasteiger partial charge on any atom is 0.302 e. The van der Waals surface area contributed by atoms with Crippen LogP contribution in [0.4, 0.5) is 11.4 Å². The first-order valence-corrected chi connectivity index (χ1v) is 20.9. The van der Waals surface area contributed by atoms with Gasteiger partial charge in [-0.3, -0.25) is 54.2 Å². The lowest BCUT2D eigenvalue weighted by molar-refractivity contribution is -0.141. The molecule has 5 rings (SSSR count). The predicted octanol–water partition coefficient (Wildman–Crippen LogP) is -4.25. The number of nitrogens with zero attached hydrogens (tertiary/aromatic N) is 2. The van der Waals surface area contributed by atoms with Crippen molar-refractivity contribution in [1.82, 2.24) is 9.80 Å². The Balaban J connectivity index is 0.00000450. The van der Waals surface area contributed by atoms with Gasteiger partial charge in [0.05, 0.1) is 10.5 Å². The lowest BCUT2D eigenvalue weighted by Crippen LogP contribution is -3.00. The van der Waals surface area contributed by atoms with Gasteiger partial charge >= 0.3 is 5.97 Å². The van der Waals surface area contributed by atoms with E-state index in [0.717, 1.165) is 69.2 Å². The Bertz CT molecular complexity index is 1820. The summed E-state index contributed by atoms with van der Waals surface area (Å²) < 4.78 is 5.44. The topological polar surface area (TPSA) is 210 Å². The van der Waals surface area contributed by atoms with E-state index in [-0.39, 0.29) is 106 Å². The molecule has 3 aliphatic rings. The molecule has 2 aliphatic heterocycles. The molecular weight excluding hydrogens is 828 g/mol. The van der Waals surface area contributed by atoms with Crippen LogP contribution in [0, 0.1) is 0 Å². The second-order valence-corrected chi connectivity index (χ2v) is 17.0. The van der Waals surface area contributed by atoms with Crippen molar-refractivity contribution in [3.05, 3.63) is 47.5 Å². The Morgan fingerprint density at radius 1 is 0.690 bits per heavy atom. The number of halogens is 2. The van der Waals surface area contributed by atoms with Crippen LogP contribution in [-0.2, 0) is 38.3 Å². The molecule has 2 fully saturated rings. The molecule has 0 radical (unpaired) electrons. The maximum atomic E-state index is 13.0. The van der Waals surface area contributed by atoms with E-state index in [4.69, 9.17) is 15.6 Å². The van der Waals surface area contributed by atoms with Crippen molar-refractivity contribution < 1.29 is 73.9 Å². The van der Waals surface area contributed by atoms with E-state index in [1.807, 2.05) is 38.1 Å². The summed E-state index contributed by atoms with van der Waals surface area (Å²) >= 11 is 2.89. The molecule has 2 aromatic carbocycles. The molecule has 2 aromatic rings. The number of benzene rings is 2. The zero-order chi connectivity index (χ0) is 40.5. The van der Waals surface area contributed by atoms with Crippen LogP contribution in [0.3, 0.4) is 0 Å². The number of hydrogen-bond donors (Lipinski definition) is 4. The molecule has 0 aromatic heterocycles. The van der Waals surface area contributed by atoms with Gasteiger partial charge in [0.15, 0.2) is 0 Å². The van der Waals surface area contributed by atoms with E-state index in [2.05, 4.69) is 10.6 Å². The van der Waals surface area contributed by atoms with Gasteiger partial charge < -0.3 is 40.2 Å². The van der Waals surface area contributed by atoms with Gasteiger partial charge in [0.2, 0.25) is 35.4 Å². The van der Waals surface area contributed by atoms with Crippen LogP contribution in [0.1, 0.15) is 89.2 Å². The van der Waals surface area contributed by atoms with Crippen molar-refractivity contribution in [1.29, 1.82) is 0 Å². The second kappa shape index (κ2) is 22.2. The first-order chi connectivity index (χ1) is 26.7. The van der Waals surface area contributed by atoms with Crippen LogP contribution in [0.2, 0.25) is 0 Å². The first-order valence-electron chi connectivity index (χ1n) is 18.8. The van der Waals surface area contributed by atoms with Crippen LogP contribution < -0.4 is 46.3 Å². The number of ether oxygens (including phenoxy) is 1. The number of carbonyl (C=O) groups excluding carboxylic acids is 7. The largest absolute Gasteiger partial charge is 1.00 e. The fourth-order valence-corrected chi connectivity index (χ4v) is 9.21. The van der Waals surface area contributed by atoms with Crippen molar-refractivity contribution in [2.75, 3.05) is 41.8 Å². The SMILES string of the molecule is CC(=[NH2+])CCCSC1CC(=O)N(CCC(=O)Nc2ccc3c(c2)C(COC(C)=O)c2cc(NC(=O)CCN4C(=O)CC(SCCCC(C)=[NH2+])C4=O)ccc2-3)C1=O.[Cl-].[Cl-]. The summed E-state index contributed by atoms with van der Waals surface area (Å²) in [6, 6.07) is 10.9. The van der Waals surface area contributed by atoms with Gasteiger partial charge in [0, 0.05) is 89.7 Å². The lowest BCUT2D eigenvalue weighted by atomic mass is 9.97. The van der Waals surface area contributed by atoms with E-state index in [9.17, 15) is 33.6 Å². The molecule has 2 heterocycles. The Labute approximate surface area is 358 Å². The number of esters is 1. The van der Waals surface area contributed by atoms with E-state index >= 15 is 0 Å². The number of imide groups is 2. The summed E-state index contributed by atoms with van der Waals surface area (Å²) in [7, 11) is 0. The summed E-state index contributed by atoms with van der Waals surface area (Å²) in [4.78, 5) is 91.2. The summed E-state index contributed by atoms with van der Waals surface area (Å²) in [6.45, 7) is 5.00. The Morgan fingerprint density at radius 3 is 1.48 bits per heavy atom. The van der Waals surface area contributed by atoms with Gasteiger partial charge in [-0.2, -0.15) is 0 Å². The zero-order valence-electron chi connectivity index (χ0n) is 32.8. The minimum atomic E-state index is -0.458. The Morgan fingerprint density at radius 2 is 1.10 bits per heavy atom. The quantitative estimate of drug-likeness (QED) is 0.0436. The van der Waals surface area contributed by atoms with E-state index in [1.54, 1.807) is 12.1 Å². The molecule has 1 aliphatic carbocycles. The second-order valence-electron chi connectivity index (χ2n) is 14.3. The number of rotatable bonds is 20. The molecule has 18 heteroatoms. The number of fused-ring (bicyclic) bond motifs is 3. The molecule has 6 amide bonds. The number of amides is 6. The van der Waals surface area contributed by atoms with Gasteiger partial charge in [0.25, 0.3) is 0 Å². The molecule has 2 atom stereocenters. The van der Waals surface area contributed by atoms with Crippen LogP contribution in [0.25, 0.3) is 11.1 Å². The average molecular weight is 878 g/mol. The van der Waals surface area contributed by atoms with E-state index < -0.39 is 22.4 Å². The highest BCUT2D eigenvalue weighted by Crippen LogP contribution is 2.47. The van der Waals surface area contributed by atoms with Gasteiger partial charge in [-0.25, -0.2) is 0 Å². The average Bonchev–Trinajstić information content (AvgIpc) is 3.70. The highest BCUT2D eigenvalue weighted by atomic mass is 35.5. The smallest absolute Gasteiger partial charge is 0.302 e. The molecule has 0 spiro atoms.